The van der Waals surface area contributed by atoms with E-state index in [1.54, 1.807) is 25.8 Å². The predicted octanol–water partition coefficient (Wildman–Crippen LogP) is 2.46. The largest absolute Gasteiger partial charge is 0.495 e. The Kier molecular flexibility index (Phi) is 5.25. The number of aryl methyl sites for hydroxylation is 1. The summed E-state index contributed by atoms with van der Waals surface area (Å²) in [6, 6.07) is 9.59. The fourth-order valence-electron chi connectivity index (χ4n) is 3.75. The molecule has 0 radical (unpaired) electrons. The molecule has 0 bridgehead atoms. The number of pyridine rings is 1. The number of nitrogens with zero attached hydrogens (tertiary/aromatic N) is 3. The second-order valence-corrected chi connectivity index (χ2v) is 7.27. The van der Waals surface area contributed by atoms with Gasteiger partial charge in [0, 0.05) is 19.2 Å². The molecule has 1 saturated carbocycles. The molecule has 0 aliphatic heterocycles. The summed E-state index contributed by atoms with van der Waals surface area (Å²) in [7, 11) is 1.59. The first-order valence-corrected chi connectivity index (χ1v) is 9.50. The number of amides is 1. The molecule has 2 aromatic heterocycles. The Labute approximate surface area is 163 Å². The SMILES string of the molecule is COc1cncc(C(NC(=O)CCn2cnc3ccccc32)C2CC(O)C2)c1. The van der Waals surface area contributed by atoms with Crippen molar-refractivity contribution in [1.29, 1.82) is 0 Å². The zero-order chi connectivity index (χ0) is 19.5. The number of para-hydroxylation sites is 2. The molecular weight excluding hydrogens is 356 g/mol. The van der Waals surface area contributed by atoms with Crippen LogP contribution in [0, 0.1) is 5.92 Å². The van der Waals surface area contributed by atoms with Gasteiger partial charge in [0.15, 0.2) is 0 Å². The van der Waals surface area contributed by atoms with Gasteiger partial charge in [-0.15, -0.1) is 0 Å². The third-order valence-corrected chi connectivity index (χ3v) is 5.37. The molecule has 2 N–H and O–H groups in total. The van der Waals surface area contributed by atoms with Crippen LogP contribution in [0.5, 0.6) is 5.75 Å². The standard InChI is InChI=1S/C21H24N4O3/c1-28-17-10-15(11-22-12-17)21(14-8-16(26)9-14)24-20(27)6-7-25-13-23-18-4-2-3-5-19(18)25/h2-5,10-14,16,21,26H,6-9H2,1H3,(H,24,27). The molecule has 0 saturated heterocycles. The Bertz CT molecular complexity index is 965. The third kappa shape index (κ3) is 3.84. The maximum Gasteiger partial charge on any atom is 0.222 e. The molecule has 1 aliphatic carbocycles. The van der Waals surface area contributed by atoms with Crippen LogP contribution in [0.25, 0.3) is 11.0 Å². The van der Waals surface area contributed by atoms with Gasteiger partial charge in [-0.1, -0.05) is 12.1 Å². The maximum absolute atomic E-state index is 12.7. The smallest absolute Gasteiger partial charge is 0.222 e. The highest BCUT2D eigenvalue weighted by Crippen LogP contribution is 2.38. The summed E-state index contributed by atoms with van der Waals surface area (Å²) in [6.45, 7) is 0.558. The van der Waals surface area contributed by atoms with E-state index >= 15 is 0 Å². The predicted molar refractivity (Wildman–Crippen MR) is 105 cm³/mol. The normalized spacial score (nSPS) is 19.8. The molecule has 4 rings (SSSR count). The van der Waals surface area contributed by atoms with Gasteiger partial charge in [0.05, 0.1) is 42.8 Å². The van der Waals surface area contributed by atoms with Crippen LogP contribution in [-0.4, -0.2) is 38.8 Å². The Morgan fingerprint density at radius 3 is 2.96 bits per heavy atom. The molecule has 1 atom stereocenters. The van der Waals surface area contributed by atoms with E-state index in [4.69, 9.17) is 4.74 Å². The second-order valence-electron chi connectivity index (χ2n) is 7.27. The van der Waals surface area contributed by atoms with Crippen molar-refractivity contribution in [2.45, 2.75) is 38.0 Å². The van der Waals surface area contributed by atoms with Crippen LogP contribution >= 0.6 is 0 Å². The summed E-state index contributed by atoms with van der Waals surface area (Å²) in [4.78, 5) is 21.3. The first-order valence-electron chi connectivity index (χ1n) is 9.50. The van der Waals surface area contributed by atoms with Crippen LogP contribution in [0.15, 0.2) is 49.1 Å². The zero-order valence-electron chi connectivity index (χ0n) is 15.8. The van der Waals surface area contributed by atoms with Gasteiger partial charge in [-0.05, 0) is 42.5 Å². The number of aromatic nitrogens is 3. The van der Waals surface area contributed by atoms with Crippen LogP contribution in [0.3, 0.4) is 0 Å². The molecule has 1 unspecified atom stereocenters. The number of rotatable bonds is 7. The van der Waals surface area contributed by atoms with Gasteiger partial charge in [0.2, 0.25) is 5.91 Å². The summed E-state index contributed by atoms with van der Waals surface area (Å²) in [6.07, 6.45) is 6.57. The second kappa shape index (κ2) is 7.98. The molecule has 1 amide bonds. The lowest BCUT2D eigenvalue weighted by atomic mass is 9.75. The number of hydrogen-bond acceptors (Lipinski definition) is 5. The van der Waals surface area contributed by atoms with E-state index in [1.807, 2.05) is 34.9 Å². The summed E-state index contributed by atoms with van der Waals surface area (Å²) >= 11 is 0. The van der Waals surface area contributed by atoms with Gasteiger partial charge in [0.25, 0.3) is 0 Å². The number of carbonyl (C=O) groups is 1. The lowest BCUT2D eigenvalue weighted by Crippen LogP contribution is -2.41. The molecule has 7 nitrogen and oxygen atoms in total. The molecular formula is C21H24N4O3. The van der Waals surface area contributed by atoms with Gasteiger partial charge < -0.3 is 19.7 Å². The molecule has 146 valence electrons. The minimum absolute atomic E-state index is 0.0352. The zero-order valence-corrected chi connectivity index (χ0v) is 15.8. The Balaban J connectivity index is 1.44. The molecule has 1 fully saturated rings. The minimum atomic E-state index is -0.291. The lowest BCUT2D eigenvalue weighted by Gasteiger charge is -2.38. The molecule has 0 spiro atoms. The number of carbonyl (C=O) groups excluding carboxylic acids is 1. The van der Waals surface area contributed by atoms with E-state index in [1.165, 1.54) is 0 Å². The van der Waals surface area contributed by atoms with E-state index in [0.29, 0.717) is 31.6 Å². The highest BCUT2D eigenvalue weighted by molar-refractivity contribution is 5.78. The van der Waals surface area contributed by atoms with E-state index in [-0.39, 0.29) is 24.0 Å². The van der Waals surface area contributed by atoms with Gasteiger partial charge in [-0.3, -0.25) is 9.78 Å². The van der Waals surface area contributed by atoms with Gasteiger partial charge in [-0.25, -0.2) is 4.98 Å². The monoisotopic (exact) mass is 380 g/mol. The van der Waals surface area contributed by atoms with Crippen LogP contribution in [0.2, 0.25) is 0 Å². The number of methoxy groups -OCH3 is 1. The van der Waals surface area contributed by atoms with Crippen molar-refractivity contribution in [3.8, 4) is 5.75 Å². The van der Waals surface area contributed by atoms with Crippen molar-refractivity contribution in [2.75, 3.05) is 7.11 Å². The number of hydrogen-bond donors (Lipinski definition) is 2. The van der Waals surface area contributed by atoms with Crippen molar-refractivity contribution in [1.82, 2.24) is 19.9 Å². The van der Waals surface area contributed by atoms with Crippen LogP contribution < -0.4 is 10.1 Å². The van der Waals surface area contributed by atoms with Crippen molar-refractivity contribution in [3.05, 3.63) is 54.6 Å². The van der Waals surface area contributed by atoms with Crippen LogP contribution in [0.1, 0.15) is 30.9 Å². The molecule has 1 aromatic carbocycles. The number of fused-ring (bicyclic) bond motifs is 1. The number of aliphatic hydroxyl groups is 1. The van der Waals surface area contributed by atoms with Crippen molar-refractivity contribution in [3.63, 3.8) is 0 Å². The molecule has 28 heavy (non-hydrogen) atoms. The van der Waals surface area contributed by atoms with E-state index < -0.39 is 0 Å². The van der Waals surface area contributed by atoms with Crippen molar-refractivity contribution in [2.24, 2.45) is 5.92 Å². The number of nitrogens with one attached hydrogen (secondary N) is 1. The number of ether oxygens (including phenoxy) is 1. The lowest BCUT2D eigenvalue weighted by molar-refractivity contribution is -0.123. The van der Waals surface area contributed by atoms with Gasteiger partial charge in [0.1, 0.15) is 5.75 Å². The molecule has 1 aliphatic rings. The Hall–Kier alpha value is -2.93. The summed E-state index contributed by atoms with van der Waals surface area (Å²) in [5, 5.41) is 12.9. The van der Waals surface area contributed by atoms with Crippen molar-refractivity contribution >= 4 is 16.9 Å². The molecule has 7 heteroatoms. The average Bonchev–Trinajstić information content (AvgIpc) is 3.11. The van der Waals surface area contributed by atoms with E-state index in [0.717, 1.165) is 16.6 Å². The first kappa shape index (κ1) is 18.4. The van der Waals surface area contributed by atoms with Gasteiger partial charge >= 0.3 is 0 Å². The van der Waals surface area contributed by atoms with E-state index in [9.17, 15) is 9.90 Å². The Morgan fingerprint density at radius 1 is 1.36 bits per heavy atom. The maximum atomic E-state index is 12.7. The first-order chi connectivity index (χ1) is 13.6. The van der Waals surface area contributed by atoms with E-state index in [2.05, 4.69) is 15.3 Å². The average molecular weight is 380 g/mol. The fraction of sp³-hybridized carbons (Fsp3) is 0.381. The summed E-state index contributed by atoms with van der Waals surface area (Å²) in [5.41, 5.74) is 2.84. The summed E-state index contributed by atoms with van der Waals surface area (Å²) < 4.78 is 7.26. The number of imidazole rings is 1. The third-order valence-electron chi connectivity index (χ3n) is 5.37. The fourth-order valence-corrected chi connectivity index (χ4v) is 3.75. The number of benzene rings is 1. The number of aliphatic hydroxyl groups excluding tert-OH is 1. The highest BCUT2D eigenvalue weighted by Gasteiger charge is 2.36. The van der Waals surface area contributed by atoms with Crippen LogP contribution in [-0.2, 0) is 11.3 Å². The minimum Gasteiger partial charge on any atom is -0.495 e. The molecule has 3 aromatic rings. The quantitative estimate of drug-likeness (QED) is 0.657. The highest BCUT2D eigenvalue weighted by atomic mass is 16.5. The molecule has 2 heterocycles. The van der Waals surface area contributed by atoms with Crippen LogP contribution in [0.4, 0.5) is 0 Å². The summed E-state index contributed by atoms with van der Waals surface area (Å²) in [5.74, 6) is 0.815. The van der Waals surface area contributed by atoms with Gasteiger partial charge in [-0.2, -0.15) is 0 Å². The topological polar surface area (TPSA) is 89.3 Å². The van der Waals surface area contributed by atoms with Crippen molar-refractivity contribution < 1.29 is 14.6 Å². The Morgan fingerprint density at radius 2 is 2.18 bits per heavy atom.